The van der Waals surface area contributed by atoms with E-state index in [2.05, 4.69) is 10.3 Å². The molecule has 2 aromatic rings. The monoisotopic (exact) mass is 264 g/mol. The van der Waals surface area contributed by atoms with Gasteiger partial charge in [-0.15, -0.1) is 5.10 Å². The van der Waals surface area contributed by atoms with Crippen molar-refractivity contribution in [2.75, 3.05) is 6.61 Å². The number of aliphatic hydroxyl groups is 1. The maximum atomic E-state index is 13.2. The van der Waals surface area contributed by atoms with Gasteiger partial charge in [-0.1, -0.05) is 5.21 Å². The highest BCUT2D eigenvalue weighted by Gasteiger charge is 2.16. The van der Waals surface area contributed by atoms with Gasteiger partial charge < -0.3 is 5.11 Å². The Balaban J connectivity index is 2.49. The van der Waals surface area contributed by atoms with Gasteiger partial charge in [-0.05, 0) is 24.6 Å². The average molecular weight is 264 g/mol. The summed E-state index contributed by atoms with van der Waals surface area (Å²) in [6.07, 6.45) is 0.422. The number of benzene rings is 1. The van der Waals surface area contributed by atoms with Crippen LogP contribution in [0.5, 0.6) is 0 Å². The molecule has 0 saturated carbocycles. The van der Waals surface area contributed by atoms with Crippen LogP contribution in [0.3, 0.4) is 0 Å². The van der Waals surface area contributed by atoms with Crippen molar-refractivity contribution in [3.63, 3.8) is 0 Å². The van der Waals surface area contributed by atoms with Gasteiger partial charge >= 0.3 is 0 Å². The van der Waals surface area contributed by atoms with Gasteiger partial charge in [-0.2, -0.15) is 5.26 Å². The van der Waals surface area contributed by atoms with Gasteiger partial charge in [0.1, 0.15) is 11.8 Å². The van der Waals surface area contributed by atoms with Crippen LogP contribution in [0.4, 0.5) is 8.78 Å². The Hall–Kier alpha value is -2.33. The molecule has 0 radical (unpaired) electrons. The van der Waals surface area contributed by atoms with Gasteiger partial charge in [0.25, 0.3) is 0 Å². The van der Waals surface area contributed by atoms with Gasteiger partial charge in [0.2, 0.25) is 0 Å². The Kier molecular flexibility index (Phi) is 3.82. The van der Waals surface area contributed by atoms with Crippen LogP contribution in [0, 0.1) is 23.0 Å². The molecule has 98 valence electrons. The zero-order chi connectivity index (χ0) is 13.8. The fourth-order valence-corrected chi connectivity index (χ4v) is 1.69. The number of rotatable bonds is 4. The molecule has 2 rings (SSSR count). The highest BCUT2D eigenvalue weighted by Crippen LogP contribution is 2.23. The molecule has 1 N–H and O–H groups in total. The first-order valence-corrected chi connectivity index (χ1v) is 5.57. The fraction of sp³-hybridized carbons (Fsp3) is 0.250. The van der Waals surface area contributed by atoms with Crippen molar-refractivity contribution in [2.24, 2.45) is 0 Å². The molecule has 0 fully saturated rings. The minimum absolute atomic E-state index is 0.0314. The average Bonchev–Trinajstić information content (AvgIpc) is 2.82. The zero-order valence-corrected chi connectivity index (χ0v) is 9.85. The quantitative estimate of drug-likeness (QED) is 0.907. The van der Waals surface area contributed by atoms with Gasteiger partial charge in [-0.3, -0.25) is 0 Å². The minimum atomic E-state index is -1.00. The molecule has 0 aliphatic rings. The highest BCUT2D eigenvalue weighted by atomic mass is 19.2. The Morgan fingerprint density at radius 3 is 2.74 bits per heavy atom. The van der Waals surface area contributed by atoms with Crippen LogP contribution < -0.4 is 0 Å². The second-order valence-corrected chi connectivity index (χ2v) is 3.83. The smallest absolute Gasteiger partial charge is 0.190 e. The standard InChI is InChI=1S/C12H10F2N4O/c13-9-3-2-8(6-10(9)14)12-11(7-15)16-17-18(12)4-1-5-19/h2-3,6,19H,1,4-5H2. The summed E-state index contributed by atoms with van der Waals surface area (Å²) < 4.78 is 27.5. The number of hydrogen-bond acceptors (Lipinski definition) is 4. The third-order valence-electron chi connectivity index (χ3n) is 2.56. The molecule has 0 bridgehead atoms. The molecule has 0 amide bonds. The van der Waals surface area contributed by atoms with Crippen LogP contribution in [0.2, 0.25) is 0 Å². The molecule has 1 aromatic carbocycles. The van der Waals surface area contributed by atoms with Crippen molar-refractivity contribution in [1.82, 2.24) is 15.0 Å². The Bertz CT molecular complexity index is 633. The molecular formula is C12H10F2N4O. The van der Waals surface area contributed by atoms with Crippen LogP contribution in [0.1, 0.15) is 12.1 Å². The summed E-state index contributed by atoms with van der Waals surface area (Å²) in [5.74, 6) is -1.96. The van der Waals surface area contributed by atoms with E-state index in [-0.39, 0.29) is 12.3 Å². The van der Waals surface area contributed by atoms with Crippen molar-refractivity contribution in [1.29, 1.82) is 5.26 Å². The largest absolute Gasteiger partial charge is 0.396 e. The first-order chi connectivity index (χ1) is 9.17. The van der Waals surface area contributed by atoms with Crippen LogP contribution in [-0.2, 0) is 6.54 Å². The zero-order valence-electron chi connectivity index (χ0n) is 9.85. The van der Waals surface area contributed by atoms with E-state index >= 15 is 0 Å². The number of hydrogen-bond donors (Lipinski definition) is 1. The van der Waals surface area contributed by atoms with Crippen LogP contribution in [0.25, 0.3) is 11.3 Å². The molecule has 1 heterocycles. The van der Waals surface area contributed by atoms with E-state index in [9.17, 15) is 8.78 Å². The Morgan fingerprint density at radius 1 is 1.32 bits per heavy atom. The van der Waals surface area contributed by atoms with Crippen LogP contribution in [-0.4, -0.2) is 26.7 Å². The SMILES string of the molecule is N#Cc1nnn(CCCO)c1-c1ccc(F)c(F)c1. The van der Waals surface area contributed by atoms with Crippen molar-refractivity contribution in [3.05, 3.63) is 35.5 Å². The molecule has 7 heteroatoms. The summed E-state index contributed by atoms with van der Waals surface area (Å²) >= 11 is 0. The van der Waals surface area contributed by atoms with Crippen LogP contribution >= 0.6 is 0 Å². The number of nitrogens with zero attached hydrogens (tertiary/aromatic N) is 4. The predicted molar refractivity (Wildman–Crippen MR) is 61.8 cm³/mol. The highest BCUT2D eigenvalue weighted by molar-refractivity contribution is 5.64. The third kappa shape index (κ3) is 2.58. The maximum absolute atomic E-state index is 13.2. The van der Waals surface area contributed by atoms with Gasteiger partial charge in [-0.25, -0.2) is 13.5 Å². The number of aryl methyl sites for hydroxylation is 1. The lowest BCUT2D eigenvalue weighted by Crippen LogP contribution is -2.05. The van der Waals surface area contributed by atoms with Crippen molar-refractivity contribution < 1.29 is 13.9 Å². The van der Waals surface area contributed by atoms with Crippen molar-refractivity contribution in [2.45, 2.75) is 13.0 Å². The first kappa shape index (κ1) is 13.1. The van der Waals surface area contributed by atoms with E-state index in [0.717, 1.165) is 12.1 Å². The summed E-state index contributed by atoms with van der Waals surface area (Å²) in [4.78, 5) is 0. The normalized spacial score (nSPS) is 10.4. The van der Waals surface area contributed by atoms with Gasteiger partial charge in [0.15, 0.2) is 17.3 Å². The van der Waals surface area contributed by atoms with E-state index in [0.29, 0.717) is 24.2 Å². The van der Waals surface area contributed by atoms with Crippen molar-refractivity contribution >= 4 is 0 Å². The number of nitriles is 1. The van der Waals surface area contributed by atoms with Crippen LogP contribution in [0.15, 0.2) is 18.2 Å². The number of aromatic nitrogens is 3. The second kappa shape index (κ2) is 5.54. The summed E-state index contributed by atoms with van der Waals surface area (Å²) in [5.41, 5.74) is 0.664. The summed E-state index contributed by atoms with van der Waals surface area (Å²) in [6.45, 7) is 0.290. The van der Waals surface area contributed by atoms with E-state index < -0.39 is 11.6 Å². The summed E-state index contributed by atoms with van der Waals surface area (Å²) in [6, 6.07) is 5.18. The Labute approximate surface area is 107 Å². The number of halogens is 2. The molecule has 0 atom stereocenters. The molecule has 0 aliphatic carbocycles. The summed E-state index contributed by atoms with van der Waals surface area (Å²) in [5, 5.41) is 25.2. The molecule has 5 nitrogen and oxygen atoms in total. The molecule has 0 saturated heterocycles. The van der Waals surface area contributed by atoms with E-state index in [1.807, 2.05) is 6.07 Å². The van der Waals surface area contributed by atoms with Gasteiger partial charge in [0.05, 0.1) is 0 Å². The molecule has 19 heavy (non-hydrogen) atoms. The third-order valence-corrected chi connectivity index (χ3v) is 2.56. The molecular weight excluding hydrogens is 254 g/mol. The number of aliphatic hydroxyl groups excluding tert-OH is 1. The van der Waals surface area contributed by atoms with E-state index in [1.54, 1.807) is 0 Å². The lowest BCUT2D eigenvalue weighted by Gasteiger charge is -2.06. The lowest BCUT2D eigenvalue weighted by atomic mass is 10.1. The maximum Gasteiger partial charge on any atom is 0.190 e. The first-order valence-electron chi connectivity index (χ1n) is 5.57. The van der Waals surface area contributed by atoms with Crippen molar-refractivity contribution in [3.8, 4) is 17.3 Å². The molecule has 0 unspecified atom stereocenters. The van der Waals surface area contributed by atoms with Gasteiger partial charge in [0, 0.05) is 18.7 Å². The minimum Gasteiger partial charge on any atom is -0.396 e. The van der Waals surface area contributed by atoms with E-state index in [1.165, 1.54) is 10.7 Å². The predicted octanol–water partition coefficient (Wildman–Crippen LogP) is 1.48. The molecule has 1 aromatic heterocycles. The van der Waals surface area contributed by atoms with E-state index in [4.69, 9.17) is 10.4 Å². The second-order valence-electron chi connectivity index (χ2n) is 3.83. The fourth-order valence-electron chi connectivity index (χ4n) is 1.69. The lowest BCUT2D eigenvalue weighted by molar-refractivity contribution is 0.276. The molecule has 0 spiro atoms. The summed E-state index contributed by atoms with van der Waals surface area (Å²) in [7, 11) is 0. The Morgan fingerprint density at radius 2 is 2.11 bits per heavy atom. The molecule has 0 aliphatic heterocycles. The topological polar surface area (TPSA) is 74.7 Å².